The van der Waals surface area contributed by atoms with Gasteiger partial charge in [-0.1, -0.05) is 30.0 Å². The van der Waals surface area contributed by atoms with Gasteiger partial charge in [0.15, 0.2) is 11.8 Å². The topological polar surface area (TPSA) is 80.2 Å². The van der Waals surface area contributed by atoms with Crippen molar-refractivity contribution in [3.63, 3.8) is 0 Å². The van der Waals surface area contributed by atoms with E-state index in [9.17, 15) is 9.59 Å². The first-order valence-corrected chi connectivity index (χ1v) is 11.9. The number of carbonyl (C=O) groups is 2. The van der Waals surface area contributed by atoms with Gasteiger partial charge in [-0.15, -0.1) is 0 Å². The fourth-order valence-corrected chi connectivity index (χ4v) is 4.63. The highest BCUT2D eigenvalue weighted by molar-refractivity contribution is 8.16. The molecule has 1 amide bonds. The Kier molecular flexibility index (Phi) is 7.07. The maximum Gasteiger partial charge on any atom is 0.338 e. The minimum atomic E-state index is -0.397. The molecule has 2 aromatic rings. The zero-order valence-electron chi connectivity index (χ0n) is 19.6. The highest BCUT2D eigenvalue weighted by atomic mass is 32.2. The minimum Gasteiger partial charge on any atom is -0.484 e. The minimum absolute atomic E-state index is 0.132. The molecule has 0 aromatic heterocycles. The third-order valence-electron chi connectivity index (χ3n) is 5.65. The third kappa shape index (κ3) is 5.02. The van der Waals surface area contributed by atoms with Gasteiger partial charge >= 0.3 is 5.97 Å². The van der Waals surface area contributed by atoms with Crippen LogP contribution in [0.3, 0.4) is 0 Å². The van der Waals surface area contributed by atoms with Crippen LogP contribution in [0.5, 0.6) is 5.75 Å². The lowest BCUT2D eigenvalue weighted by molar-refractivity contribution is -0.139. The van der Waals surface area contributed by atoms with Crippen molar-refractivity contribution in [2.75, 3.05) is 18.5 Å². The van der Waals surface area contributed by atoms with Gasteiger partial charge in [0, 0.05) is 11.9 Å². The van der Waals surface area contributed by atoms with Crippen LogP contribution in [-0.4, -0.2) is 35.2 Å². The number of nitrogens with one attached hydrogen (secondary N) is 1. The number of anilines is 1. The second kappa shape index (κ2) is 10.2. The molecule has 1 atom stereocenters. The van der Waals surface area contributed by atoms with E-state index < -0.39 is 12.0 Å². The van der Waals surface area contributed by atoms with E-state index in [4.69, 9.17) is 9.47 Å². The smallest absolute Gasteiger partial charge is 0.338 e. The molecule has 2 heterocycles. The molecule has 0 fully saturated rings. The van der Waals surface area contributed by atoms with Crippen molar-refractivity contribution in [3.8, 4) is 5.75 Å². The largest absolute Gasteiger partial charge is 0.484 e. The summed E-state index contributed by atoms with van der Waals surface area (Å²) in [7, 11) is 0. The van der Waals surface area contributed by atoms with Crippen LogP contribution in [0.4, 0.5) is 5.69 Å². The SMILES string of the molecule is CCOC(=O)C1=C(C)N=C2SC=CN2C1c1cccc(OCC(=O)Nc2ccc(C)c(C)c2)c1. The quantitative estimate of drug-likeness (QED) is 0.560. The van der Waals surface area contributed by atoms with Crippen LogP contribution in [0.2, 0.25) is 0 Å². The number of hydrogen-bond donors (Lipinski definition) is 1. The fourth-order valence-electron chi connectivity index (χ4n) is 3.84. The Balaban J connectivity index is 1.52. The van der Waals surface area contributed by atoms with Gasteiger partial charge in [-0.05, 0) is 74.1 Å². The molecule has 0 saturated carbocycles. The molecule has 8 heteroatoms. The Morgan fingerprint density at radius 1 is 1.12 bits per heavy atom. The molecule has 4 rings (SSSR count). The number of ether oxygens (including phenoxy) is 2. The van der Waals surface area contributed by atoms with Gasteiger partial charge < -0.3 is 19.7 Å². The van der Waals surface area contributed by atoms with E-state index in [-0.39, 0.29) is 19.1 Å². The molecule has 0 saturated heterocycles. The first-order valence-electron chi connectivity index (χ1n) is 11.1. The number of aliphatic imine (C=N–C) groups is 1. The van der Waals surface area contributed by atoms with E-state index in [2.05, 4.69) is 10.3 Å². The van der Waals surface area contributed by atoms with E-state index in [1.54, 1.807) is 13.0 Å². The number of hydrogen-bond acceptors (Lipinski definition) is 7. The molecule has 2 aromatic carbocycles. The van der Waals surface area contributed by atoms with Gasteiger partial charge in [-0.2, -0.15) is 0 Å². The summed E-state index contributed by atoms with van der Waals surface area (Å²) in [5, 5.41) is 5.60. The molecule has 1 unspecified atom stereocenters. The van der Waals surface area contributed by atoms with Gasteiger partial charge in [0.05, 0.1) is 23.9 Å². The molecule has 0 radical (unpaired) electrons. The predicted octanol–water partition coefficient (Wildman–Crippen LogP) is 5.09. The van der Waals surface area contributed by atoms with Crippen molar-refractivity contribution in [1.82, 2.24) is 4.90 Å². The average molecular weight is 478 g/mol. The zero-order valence-corrected chi connectivity index (χ0v) is 20.4. The summed E-state index contributed by atoms with van der Waals surface area (Å²) in [6.45, 7) is 7.78. The number of carbonyl (C=O) groups excluding carboxylic acids is 2. The van der Waals surface area contributed by atoms with Gasteiger partial charge in [0.1, 0.15) is 5.75 Å². The standard InChI is InChI=1S/C26H27N3O4S/c1-5-32-25(31)23-18(4)27-26-29(11-12-34-26)24(23)19-7-6-8-21(14-19)33-15-22(30)28-20-10-9-16(2)17(3)13-20/h6-14,24H,5,15H2,1-4H3,(H,28,30). The van der Waals surface area contributed by atoms with Gasteiger partial charge in [-0.3, -0.25) is 4.79 Å². The first-order chi connectivity index (χ1) is 16.4. The van der Waals surface area contributed by atoms with E-state index in [0.29, 0.717) is 17.0 Å². The van der Waals surface area contributed by atoms with Crippen LogP contribution < -0.4 is 10.1 Å². The molecule has 0 spiro atoms. The summed E-state index contributed by atoms with van der Waals surface area (Å²) in [4.78, 5) is 31.8. The Morgan fingerprint density at radius 3 is 2.71 bits per heavy atom. The normalized spacial score (nSPS) is 16.8. The summed E-state index contributed by atoms with van der Waals surface area (Å²) < 4.78 is 11.1. The maximum absolute atomic E-state index is 12.8. The van der Waals surface area contributed by atoms with Gasteiger partial charge in [-0.25, -0.2) is 9.79 Å². The number of nitrogens with zero attached hydrogens (tertiary/aromatic N) is 2. The van der Waals surface area contributed by atoms with Crippen LogP contribution in [0.15, 0.2) is 70.3 Å². The summed E-state index contributed by atoms with van der Waals surface area (Å²) in [6, 6.07) is 12.8. The molecule has 2 aliphatic heterocycles. The van der Waals surface area contributed by atoms with Crippen molar-refractivity contribution in [1.29, 1.82) is 0 Å². The van der Waals surface area contributed by atoms with Crippen molar-refractivity contribution in [3.05, 3.63) is 82.0 Å². The summed E-state index contributed by atoms with van der Waals surface area (Å²) in [6.07, 6.45) is 1.91. The number of benzene rings is 2. The number of rotatable bonds is 7. The number of esters is 1. The number of amides is 1. The van der Waals surface area contributed by atoms with Crippen LogP contribution in [0.25, 0.3) is 0 Å². The van der Waals surface area contributed by atoms with Crippen molar-refractivity contribution in [2.24, 2.45) is 4.99 Å². The molecule has 1 N–H and O–H groups in total. The second-order valence-corrected chi connectivity index (χ2v) is 8.91. The highest BCUT2D eigenvalue weighted by Gasteiger charge is 2.37. The lowest BCUT2D eigenvalue weighted by atomic mass is 9.94. The number of allylic oxidation sites excluding steroid dienone is 1. The Bertz CT molecular complexity index is 1220. The van der Waals surface area contributed by atoms with Gasteiger partial charge in [0.25, 0.3) is 5.91 Å². The Morgan fingerprint density at radius 2 is 1.94 bits per heavy atom. The summed E-state index contributed by atoms with van der Waals surface area (Å²) >= 11 is 1.50. The molecule has 0 aliphatic carbocycles. The van der Waals surface area contributed by atoms with Crippen molar-refractivity contribution < 1.29 is 19.1 Å². The van der Waals surface area contributed by atoms with Crippen molar-refractivity contribution in [2.45, 2.75) is 33.7 Å². The van der Waals surface area contributed by atoms with Crippen LogP contribution >= 0.6 is 11.8 Å². The lowest BCUT2D eigenvalue weighted by Gasteiger charge is -2.33. The van der Waals surface area contributed by atoms with E-state index in [1.807, 2.05) is 73.7 Å². The third-order valence-corrected chi connectivity index (χ3v) is 6.42. The first kappa shape index (κ1) is 23.6. The van der Waals surface area contributed by atoms with E-state index in [1.165, 1.54) is 17.3 Å². The molecule has 34 heavy (non-hydrogen) atoms. The molecule has 2 aliphatic rings. The van der Waals surface area contributed by atoms with E-state index in [0.717, 1.165) is 22.0 Å². The number of fused-ring (bicyclic) bond motifs is 1. The highest BCUT2D eigenvalue weighted by Crippen LogP contribution is 2.41. The fraction of sp³-hybridized carbons (Fsp3) is 0.269. The van der Waals surface area contributed by atoms with E-state index >= 15 is 0 Å². The predicted molar refractivity (Wildman–Crippen MR) is 135 cm³/mol. The summed E-state index contributed by atoms with van der Waals surface area (Å²) in [5.41, 5.74) is 4.97. The second-order valence-electron chi connectivity index (χ2n) is 8.04. The molecule has 7 nitrogen and oxygen atoms in total. The van der Waals surface area contributed by atoms with Gasteiger partial charge in [0.2, 0.25) is 0 Å². The molecular weight excluding hydrogens is 450 g/mol. The summed E-state index contributed by atoms with van der Waals surface area (Å²) in [5.74, 6) is -0.103. The lowest BCUT2D eigenvalue weighted by Crippen LogP contribution is -2.34. The molecule has 0 bridgehead atoms. The number of aryl methyl sites for hydroxylation is 2. The Hall–Kier alpha value is -3.52. The molecular formula is C26H27N3O4S. The average Bonchev–Trinajstić information content (AvgIpc) is 3.27. The number of thioether (sulfide) groups is 1. The monoisotopic (exact) mass is 477 g/mol. The maximum atomic E-state index is 12.8. The van der Waals surface area contributed by atoms with Crippen LogP contribution in [0.1, 0.15) is 36.6 Å². The Labute approximate surface area is 203 Å². The van der Waals surface area contributed by atoms with Crippen molar-refractivity contribution >= 4 is 34.5 Å². The molecule has 176 valence electrons. The number of amidine groups is 1. The zero-order chi connectivity index (χ0) is 24.2. The van der Waals surface area contributed by atoms with Crippen LogP contribution in [0, 0.1) is 13.8 Å². The van der Waals surface area contributed by atoms with Crippen LogP contribution in [-0.2, 0) is 14.3 Å².